The molecule has 48 heavy (non-hydrogen) atoms. The number of fused-ring (bicyclic) bond motifs is 11. The summed E-state index contributed by atoms with van der Waals surface area (Å²) >= 11 is 0. The van der Waals surface area contributed by atoms with Crippen molar-refractivity contribution in [2.24, 2.45) is 0 Å². The molecule has 6 aromatic rings. The number of aliphatic hydroxyl groups is 2. The summed E-state index contributed by atoms with van der Waals surface area (Å²) in [5.74, 6) is -1.18. The number of carbonyl (C=O) groups is 2. The summed E-state index contributed by atoms with van der Waals surface area (Å²) in [7, 11) is 0. The Labute approximate surface area is 277 Å². The van der Waals surface area contributed by atoms with Gasteiger partial charge in [-0.05, 0) is 77.1 Å². The van der Waals surface area contributed by atoms with Gasteiger partial charge in [0.1, 0.15) is 25.4 Å². The molecule has 0 bridgehead atoms. The maximum Gasteiger partial charge on any atom is 0.330 e. The molecule has 2 N–H and O–H groups in total. The van der Waals surface area contributed by atoms with Gasteiger partial charge in [0, 0.05) is 12.2 Å². The Morgan fingerprint density at radius 1 is 0.542 bits per heavy atom. The molecule has 0 heterocycles. The lowest BCUT2D eigenvalue weighted by molar-refractivity contribution is -0.142. The Morgan fingerprint density at radius 3 is 1.46 bits per heavy atom. The van der Waals surface area contributed by atoms with Crippen molar-refractivity contribution in [1.82, 2.24) is 0 Å². The summed E-state index contributed by atoms with van der Waals surface area (Å²) in [6.45, 7) is 6.97. The maximum absolute atomic E-state index is 11.3. The minimum absolute atomic E-state index is 0.0161. The highest BCUT2D eigenvalue weighted by Gasteiger charge is 2.17. The van der Waals surface area contributed by atoms with Crippen molar-refractivity contribution in [3.63, 3.8) is 0 Å². The van der Waals surface area contributed by atoms with Crippen LogP contribution in [-0.2, 0) is 41.8 Å². The molecule has 0 aliphatic heterocycles. The molecule has 6 aromatic carbocycles. The Bertz CT molecular complexity index is 2170. The monoisotopic (exact) mass is 644 g/mol. The average Bonchev–Trinajstić information content (AvgIpc) is 3.12. The average molecular weight is 645 g/mol. The Morgan fingerprint density at radius 2 is 0.938 bits per heavy atom. The number of benzene rings is 6. The minimum atomic E-state index is -0.947. The van der Waals surface area contributed by atoms with Crippen molar-refractivity contribution < 1.29 is 38.7 Å². The van der Waals surface area contributed by atoms with Gasteiger partial charge in [-0.25, -0.2) is 9.59 Å². The van der Waals surface area contributed by atoms with Crippen LogP contribution in [0, 0.1) is 0 Å². The van der Waals surface area contributed by atoms with E-state index in [4.69, 9.17) is 18.9 Å². The van der Waals surface area contributed by atoms with E-state index in [-0.39, 0.29) is 39.6 Å². The van der Waals surface area contributed by atoms with Crippen LogP contribution in [-0.4, -0.2) is 60.8 Å². The molecule has 244 valence electrons. The third kappa shape index (κ3) is 6.93. The summed E-state index contributed by atoms with van der Waals surface area (Å²) in [5.41, 5.74) is 1.90. The van der Waals surface area contributed by atoms with E-state index in [0.717, 1.165) is 77.1 Å². The summed E-state index contributed by atoms with van der Waals surface area (Å²) in [5, 5.41) is 31.6. The lowest BCUT2D eigenvalue weighted by Crippen LogP contribution is -2.23. The van der Waals surface area contributed by atoms with Gasteiger partial charge in [-0.2, -0.15) is 0 Å². The molecule has 8 heteroatoms. The summed E-state index contributed by atoms with van der Waals surface area (Å²) in [6, 6.07) is 29.5. The van der Waals surface area contributed by atoms with Crippen LogP contribution in [0.15, 0.2) is 110 Å². The molecule has 0 saturated carbocycles. The molecular formula is C40H36O8. The van der Waals surface area contributed by atoms with Gasteiger partial charge in [0.05, 0.1) is 26.4 Å². The lowest BCUT2D eigenvalue weighted by atomic mass is 9.86. The number of ether oxygens (including phenoxy) is 4. The zero-order valence-electron chi connectivity index (χ0n) is 26.4. The first-order valence-electron chi connectivity index (χ1n) is 15.7. The van der Waals surface area contributed by atoms with E-state index in [1.54, 1.807) is 0 Å². The van der Waals surface area contributed by atoms with Gasteiger partial charge in [-0.15, -0.1) is 0 Å². The molecule has 0 amide bonds. The van der Waals surface area contributed by atoms with Crippen LogP contribution >= 0.6 is 0 Å². The van der Waals surface area contributed by atoms with E-state index < -0.39 is 24.1 Å². The highest BCUT2D eigenvalue weighted by atomic mass is 16.6. The van der Waals surface area contributed by atoms with Crippen LogP contribution in [0.5, 0.6) is 0 Å². The first kappa shape index (κ1) is 32.8. The third-order valence-corrected chi connectivity index (χ3v) is 8.26. The zero-order chi connectivity index (χ0) is 33.6. The van der Waals surface area contributed by atoms with Crippen molar-refractivity contribution >= 4 is 65.8 Å². The van der Waals surface area contributed by atoms with Gasteiger partial charge in [0.25, 0.3) is 0 Å². The lowest BCUT2D eigenvalue weighted by Gasteiger charge is -2.18. The van der Waals surface area contributed by atoms with E-state index in [1.165, 1.54) is 0 Å². The second kappa shape index (κ2) is 14.8. The van der Waals surface area contributed by atoms with Crippen molar-refractivity contribution in [3.05, 3.63) is 121 Å². The summed E-state index contributed by atoms with van der Waals surface area (Å²) in [6.07, 6.45) is 0.219. The topological polar surface area (TPSA) is 112 Å². The number of carbonyl (C=O) groups excluding carboxylic acids is 2. The van der Waals surface area contributed by atoms with Crippen LogP contribution in [0.25, 0.3) is 53.9 Å². The van der Waals surface area contributed by atoms with Gasteiger partial charge in [0.2, 0.25) is 0 Å². The van der Waals surface area contributed by atoms with Crippen molar-refractivity contribution in [3.8, 4) is 0 Å². The largest absolute Gasteiger partial charge is 0.460 e. The summed E-state index contributed by atoms with van der Waals surface area (Å²) in [4.78, 5) is 22.6. The number of rotatable bonds is 14. The molecule has 0 saturated heterocycles. The third-order valence-electron chi connectivity index (χ3n) is 8.26. The fraction of sp³-hybridized carbons (Fsp3) is 0.200. The molecule has 8 nitrogen and oxygen atoms in total. The van der Waals surface area contributed by atoms with Crippen molar-refractivity contribution in [2.75, 3.05) is 26.4 Å². The van der Waals surface area contributed by atoms with Gasteiger partial charge in [-0.1, -0.05) is 86.0 Å². The number of aliphatic hydroxyl groups excluding tert-OH is 2. The normalized spacial score (nSPS) is 12.8. The first-order chi connectivity index (χ1) is 23.4. The Balaban J connectivity index is 1.38. The number of hydrogen-bond acceptors (Lipinski definition) is 8. The molecule has 0 aliphatic rings. The number of hydrogen-bond donors (Lipinski definition) is 2. The standard InChI is InChI=1S/C40H36O8/c1-3-37(43)47-23-27(41)21-45-19-25-14-16-34-35(17-25)30-10-6-8-12-33(30)40-36-18-26(20-46-22-28(42)24-48-38(44)4-2)13-15-31(36)29-9-5-7-11-32(29)39(34)40/h3-18,27-28,41-42H,1-2,19-24H2. The predicted octanol–water partition coefficient (Wildman–Crippen LogP) is 6.67. The van der Waals surface area contributed by atoms with Crippen LogP contribution in [0.4, 0.5) is 0 Å². The van der Waals surface area contributed by atoms with E-state index in [1.807, 2.05) is 18.2 Å². The highest BCUT2D eigenvalue weighted by molar-refractivity contribution is 6.39. The fourth-order valence-electron chi connectivity index (χ4n) is 6.14. The smallest absolute Gasteiger partial charge is 0.330 e. The van der Waals surface area contributed by atoms with Crippen LogP contribution < -0.4 is 0 Å². The van der Waals surface area contributed by atoms with E-state index >= 15 is 0 Å². The van der Waals surface area contributed by atoms with Crippen molar-refractivity contribution in [2.45, 2.75) is 25.4 Å². The van der Waals surface area contributed by atoms with Gasteiger partial charge >= 0.3 is 11.9 Å². The van der Waals surface area contributed by atoms with Gasteiger partial charge in [0.15, 0.2) is 0 Å². The fourth-order valence-corrected chi connectivity index (χ4v) is 6.14. The van der Waals surface area contributed by atoms with Gasteiger partial charge < -0.3 is 29.2 Å². The van der Waals surface area contributed by atoms with Crippen LogP contribution in [0.1, 0.15) is 11.1 Å². The molecule has 0 aliphatic carbocycles. The molecule has 2 atom stereocenters. The predicted molar refractivity (Wildman–Crippen MR) is 188 cm³/mol. The van der Waals surface area contributed by atoms with E-state index in [2.05, 4.69) is 79.9 Å². The Kier molecular flexibility index (Phi) is 10.1. The number of esters is 2. The zero-order valence-corrected chi connectivity index (χ0v) is 26.4. The molecule has 0 radical (unpaired) electrons. The molecule has 0 aromatic heterocycles. The molecule has 6 rings (SSSR count). The first-order valence-corrected chi connectivity index (χ1v) is 15.7. The second-order valence-electron chi connectivity index (χ2n) is 11.6. The molecule has 0 fully saturated rings. The quantitative estimate of drug-likeness (QED) is 0.0769. The van der Waals surface area contributed by atoms with E-state index in [9.17, 15) is 19.8 Å². The Hall–Kier alpha value is -5.12. The molecule has 0 spiro atoms. The SMILES string of the molecule is C=CC(=O)OCC(O)COCc1ccc2c(c1)c1ccccc1c1c3cc(COCC(O)COC(=O)C=C)ccc3c3ccccc3c21. The van der Waals surface area contributed by atoms with Crippen molar-refractivity contribution in [1.29, 1.82) is 0 Å². The van der Waals surface area contributed by atoms with E-state index in [0.29, 0.717) is 0 Å². The molecular weight excluding hydrogens is 608 g/mol. The van der Waals surface area contributed by atoms with Crippen LogP contribution in [0.3, 0.4) is 0 Å². The summed E-state index contributed by atoms with van der Waals surface area (Å²) < 4.78 is 21.4. The molecule has 2 unspecified atom stereocenters. The van der Waals surface area contributed by atoms with Gasteiger partial charge in [-0.3, -0.25) is 0 Å². The van der Waals surface area contributed by atoms with Crippen LogP contribution in [0.2, 0.25) is 0 Å². The minimum Gasteiger partial charge on any atom is -0.460 e. The second-order valence-corrected chi connectivity index (χ2v) is 11.6. The highest BCUT2D eigenvalue weighted by Crippen LogP contribution is 2.44. The maximum atomic E-state index is 11.3.